The first-order chi connectivity index (χ1) is 6.50. The van der Waals surface area contributed by atoms with Gasteiger partial charge >= 0.3 is 7.12 Å². The van der Waals surface area contributed by atoms with Gasteiger partial charge in [0, 0.05) is 22.2 Å². The molecule has 0 aromatic carbocycles. The van der Waals surface area contributed by atoms with Gasteiger partial charge in [-0.25, -0.2) is 4.98 Å². The van der Waals surface area contributed by atoms with Gasteiger partial charge in [0.05, 0.1) is 6.10 Å². The number of hydrogen-bond acceptors (Lipinski definition) is 4. The molecule has 2 N–H and O–H groups in total. The quantitative estimate of drug-likeness (QED) is 0.768. The number of ether oxygens (including phenoxy) is 1. The minimum atomic E-state index is -1.53. The summed E-state index contributed by atoms with van der Waals surface area (Å²) in [4.78, 5) is 3.97. The van der Waals surface area contributed by atoms with E-state index in [1.54, 1.807) is 0 Å². The van der Waals surface area contributed by atoms with Crippen molar-refractivity contribution in [1.29, 1.82) is 0 Å². The largest absolute Gasteiger partial charge is 0.489 e. The monoisotopic (exact) mass is 259 g/mol. The van der Waals surface area contributed by atoms with E-state index in [9.17, 15) is 0 Å². The van der Waals surface area contributed by atoms with Crippen LogP contribution in [0.2, 0.25) is 0 Å². The highest BCUT2D eigenvalue weighted by Crippen LogP contribution is 2.12. The highest BCUT2D eigenvalue weighted by Gasteiger charge is 2.16. The minimum absolute atomic E-state index is 0.00682. The topological polar surface area (TPSA) is 62.6 Å². The third-order valence-corrected chi connectivity index (χ3v) is 2.16. The fourth-order valence-electron chi connectivity index (χ4n) is 0.938. The van der Waals surface area contributed by atoms with Crippen LogP contribution in [0.3, 0.4) is 0 Å². The third-order valence-electron chi connectivity index (χ3n) is 1.49. The van der Waals surface area contributed by atoms with Gasteiger partial charge in [-0.15, -0.1) is 0 Å². The Labute approximate surface area is 91.2 Å². The maximum Gasteiger partial charge on any atom is 0.489 e. The van der Waals surface area contributed by atoms with Crippen molar-refractivity contribution in [3.8, 4) is 5.88 Å². The van der Waals surface area contributed by atoms with E-state index in [1.807, 2.05) is 13.8 Å². The van der Waals surface area contributed by atoms with E-state index >= 15 is 0 Å². The first-order valence-electron chi connectivity index (χ1n) is 4.19. The van der Waals surface area contributed by atoms with E-state index in [2.05, 4.69) is 20.9 Å². The van der Waals surface area contributed by atoms with Crippen LogP contribution in [0.25, 0.3) is 0 Å². The molecule has 0 saturated heterocycles. The molecule has 0 spiro atoms. The maximum absolute atomic E-state index is 9.01. The lowest BCUT2D eigenvalue weighted by Gasteiger charge is -2.10. The van der Waals surface area contributed by atoms with Gasteiger partial charge in [0.1, 0.15) is 0 Å². The van der Waals surface area contributed by atoms with E-state index in [4.69, 9.17) is 14.8 Å². The summed E-state index contributed by atoms with van der Waals surface area (Å²) in [6.45, 7) is 3.75. The molecule has 1 aromatic heterocycles. The van der Waals surface area contributed by atoms with Crippen LogP contribution in [0, 0.1) is 0 Å². The van der Waals surface area contributed by atoms with E-state index < -0.39 is 7.12 Å². The summed E-state index contributed by atoms with van der Waals surface area (Å²) in [5.74, 6) is 0.381. The fraction of sp³-hybridized carbons (Fsp3) is 0.375. The summed E-state index contributed by atoms with van der Waals surface area (Å²) in [6, 6.07) is 1.49. The van der Waals surface area contributed by atoms with Crippen molar-refractivity contribution in [2.24, 2.45) is 0 Å². The molecule has 0 aliphatic carbocycles. The molecule has 76 valence electrons. The summed E-state index contributed by atoms with van der Waals surface area (Å²) >= 11 is 3.16. The Balaban J connectivity index is 2.94. The normalized spacial score (nSPS) is 10.4. The van der Waals surface area contributed by atoms with Crippen LogP contribution in [0.5, 0.6) is 5.88 Å². The summed E-state index contributed by atoms with van der Waals surface area (Å²) in [7, 11) is -1.53. The molecular formula is C8H11BBrNO3. The Bertz CT molecular complexity index is 319. The highest BCUT2D eigenvalue weighted by atomic mass is 79.9. The molecule has 0 saturated carbocycles. The van der Waals surface area contributed by atoms with Crippen LogP contribution >= 0.6 is 15.9 Å². The van der Waals surface area contributed by atoms with Crippen LogP contribution in [0.4, 0.5) is 0 Å². The van der Waals surface area contributed by atoms with Crippen LogP contribution in [0.1, 0.15) is 13.8 Å². The number of aromatic nitrogens is 1. The highest BCUT2D eigenvalue weighted by molar-refractivity contribution is 9.10. The van der Waals surface area contributed by atoms with Gasteiger partial charge in [0.15, 0.2) is 0 Å². The van der Waals surface area contributed by atoms with E-state index in [0.717, 1.165) is 0 Å². The Kier molecular flexibility index (Phi) is 3.91. The fourth-order valence-corrected chi connectivity index (χ4v) is 1.36. The van der Waals surface area contributed by atoms with Gasteiger partial charge in [-0.3, -0.25) is 0 Å². The van der Waals surface area contributed by atoms with Crippen LogP contribution in [0.15, 0.2) is 16.7 Å². The van der Waals surface area contributed by atoms with Crippen molar-refractivity contribution in [2.75, 3.05) is 0 Å². The van der Waals surface area contributed by atoms with E-state index in [1.165, 1.54) is 12.3 Å². The number of hydrogen-bond donors (Lipinski definition) is 2. The van der Waals surface area contributed by atoms with Crippen molar-refractivity contribution in [2.45, 2.75) is 20.0 Å². The molecule has 4 nitrogen and oxygen atoms in total. The van der Waals surface area contributed by atoms with Crippen molar-refractivity contribution >= 4 is 28.5 Å². The lowest BCUT2D eigenvalue weighted by molar-refractivity contribution is 0.232. The molecule has 0 unspecified atom stereocenters. The number of nitrogens with zero attached hydrogens (tertiary/aromatic N) is 1. The van der Waals surface area contributed by atoms with Crippen LogP contribution in [-0.4, -0.2) is 28.3 Å². The van der Waals surface area contributed by atoms with Gasteiger partial charge < -0.3 is 14.8 Å². The third kappa shape index (κ3) is 2.97. The second-order valence-electron chi connectivity index (χ2n) is 3.08. The molecule has 0 fully saturated rings. The molecule has 0 aliphatic heterocycles. The summed E-state index contributed by atoms with van der Waals surface area (Å²) < 4.78 is 5.85. The van der Waals surface area contributed by atoms with Gasteiger partial charge in [-0.1, -0.05) is 0 Å². The molecule has 1 rings (SSSR count). The zero-order chi connectivity index (χ0) is 10.7. The minimum Gasteiger partial charge on any atom is -0.475 e. The van der Waals surface area contributed by atoms with Gasteiger partial charge in [0.25, 0.3) is 0 Å². The van der Waals surface area contributed by atoms with Crippen molar-refractivity contribution in [3.05, 3.63) is 16.7 Å². The lowest BCUT2D eigenvalue weighted by atomic mass is 9.81. The van der Waals surface area contributed by atoms with Crippen molar-refractivity contribution < 1.29 is 14.8 Å². The van der Waals surface area contributed by atoms with E-state index in [0.29, 0.717) is 15.8 Å². The van der Waals surface area contributed by atoms with Gasteiger partial charge in [-0.05, 0) is 29.8 Å². The summed E-state index contributed by atoms with van der Waals surface area (Å²) in [5, 5.41) is 18.0. The van der Waals surface area contributed by atoms with Gasteiger partial charge in [-0.2, -0.15) is 0 Å². The number of pyridine rings is 1. The maximum atomic E-state index is 9.01. The molecule has 1 aromatic rings. The first kappa shape index (κ1) is 11.5. The van der Waals surface area contributed by atoms with Crippen LogP contribution in [-0.2, 0) is 0 Å². The van der Waals surface area contributed by atoms with Gasteiger partial charge in [0.2, 0.25) is 5.88 Å². The second kappa shape index (κ2) is 4.77. The lowest BCUT2D eigenvalue weighted by Crippen LogP contribution is -2.31. The van der Waals surface area contributed by atoms with Crippen molar-refractivity contribution in [1.82, 2.24) is 4.98 Å². The van der Waals surface area contributed by atoms with Crippen LogP contribution < -0.4 is 10.2 Å². The number of rotatable bonds is 3. The Hall–Kier alpha value is -0.585. The summed E-state index contributed by atoms with van der Waals surface area (Å²) in [6.07, 6.45) is 1.49. The zero-order valence-electron chi connectivity index (χ0n) is 7.94. The molecule has 0 amide bonds. The standard InChI is InChI=1S/C8H11BBrNO3/c1-5(2)14-8-3-6(9(12)13)7(10)4-11-8/h3-5,12-13H,1-2H3. The zero-order valence-corrected chi connectivity index (χ0v) is 9.52. The van der Waals surface area contributed by atoms with Crippen molar-refractivity contribution in [3.63, 3.8) is 0 Å². The Morgan fingerprint density at radius 3 is 2.64 bits per heavy atom. The molecule has 0 bridgehead atoms. The second-order valence-corrected chi connectivity index (χ2v) is 3.94. The molecule has 14 heavy (non-hydrogen) atoms. The first-order valence-corrected chi connectivity index (χ1v) is 4.98. The molecule has 0 atom stereocenters. The predicted molar refractivity (Wildman–Crippen MR) is 57.5 cm³/mol. The molecule has 0 aliphatic rings. The summed E-state index contributed by atoms with van der Waals surface area (Å²) in [5.41, 5.74) is 0.343. The average Bonchev–Trinajstić information content (AvgIpc) is 2.07. The smallest absolute Gasteiger partial charge is 0.475 e. The molecule has 6 heteroatoms. The molecule has 0 radical (unpaired) electrons. The Morgan fingerprint density at radius 2 is 2.14 bits per heavy atom. The number of halogens is 1. The average molecular weight is 260 g/mol. The SMILES string of the molecule is CC(C)Oc1cc(B(O)O)c(Br)cn1. The predicted octanol–water partition coefficient (Wildman–Crippen LogP) is 0.311. The molecular weight excluding hydrogens is 249 g/mol. The molecule has 1 heterocycles. The Morgan fingerprint density at radius 1 is 1.50 bits per heavy atom. The van der Waals surface area contributed by atoms with E-state index in [-0.39, 0.29) is 6.10 Å².